The van der Waals surface area contributed by atoms with Crippen molar-refractivity contribution in [1.29, 1.82) is 0 Å². The predicted molar refractivity (Wildman–Crippen MR) is 118 cm³/mol. The second kappa shape index (κ2) is 9.48. The summed E-state index contributed by atoms with van der Waals surface area (Å²) in [6.07, 6.45) is 9.91. The van der Waals surface area contributed by atoms with E-state index in [9.17, 15) is 14.4 Å². The summed E-state index contributed by atoms with van der Waals surface area (Å²) in [5.74, 6) is -1.05. The summed E-state index contributed by atoms with van der Waals surface area (Å²) in [5, 5.41) is 8.73. The number of rotatable bonds is 6. The van der Waals surface area contributed by atoms with E-state index < -0.39 is 0 Å². The highest BCUT2D eigenvalue weighted by atomic mass is 32.1. The zero-order chi connectivity index (χ0) is 21.6. The number of carbonyl (C=O) groups excluding carboxylic acids is 3. The van der Waals surface area contributed by atoms with Crippen LogP contribution in [0.4, 0.5) is 10.7 Å². The van der Waals surface area contributed by atoms with Crippen molar-refractivity contribution in [3.05, 3.63) is 70.6 Å². The van der Waals surface area contributed by atoms with Gasteiger partial charge in [0, 0.05) is 23.5 Å². The number of carbonyl (C=O) groups is 3. The predicted octanol–water partition coefficient (Wildman–Crippen LogP) is 3.04. The first kappa shape index (κ1) is 20.7. The first-order chi connectivity index (χ1) is 15.1. The van der Waals surface area contributed by atoms with Gasteiger partial charge < -0.3 is 16.0 Å². The van der Waals surface area contributed by atoms with Crippen LogP contribution in [0.5, 0.6) is 0 Å². The number of nitrogens with zero attached hydrogens (tertiary/aromatic N) is 2. The number of nitrogens with one attached hydrogen (secondary N) is 3. The van der Waals surface area contributed by atoms with Gasteiger partial charge in [-0.2, -0.15) is 0 Å². The highest BCUT2D eigenvalue weighted by Gasteiger charge is 2.26. The van der Waals surface area contributed by atoms with Crippen LogP contribution in [0.3, 0.4) is 0 Å². The van der Waals surface area contributed by atoms with Crippen LogP contribution in [0.15, 0.2) is 49.1 Å². The summed E-state index contributed by atoms with van der Waals surface area (Å²) in [4.78, 5) is 46.9. The molecule has 0 saturated carbocycles. The minimum atomic E-state index is -0.373. The van der Waals surface area contributed by atoms with Crippen molar-refractivity contribution in [3.8, 4) is 0 Å². The van der Waals surface area contributed by atoms with E-state index in [4.69, 9.17) is 0 Å². The smallest absolute Gasteiger partial charge is 0.257 e. The van der Waals surface area contributed by atoms with Crippen molar-refractivity contribution < 1.29 is 14.4 Å². The second-order valence-electron chi connectivity index (χ2n) is 7.08. The fourth-order valence-corrected chi connectivity index (χ4v) is 4.74. The molecular formula is C22H21N5O3S. The van der Waals surface area contributed by atoms with Crippen molar-refractivity contribution in [2.24, 2.45) is 0 Å². The number of aryl methyl sites for hydroxylation is 1. The molecule has 9 heteroatoms. The lowest BCUT2D eigenvalue weighted by Crippen LogP contribution is -2.33. The third kappa shape index (κ3) is 4.95. The van der Waals surface area contributed by atoms with Gasteiger partial charge in [-0.1, -0.05) is 0 Å². The van der Waals surface area contributed by atoms with Gasteiger partial charge in [0.25, 0.3) is 11.8 Å². The van der Waals surface area contributed by atoms with Gasteiger partial charge >= 0.3 is 0 Å². The highest BCUT2D eigenvalue weighted by molar-refractivity contribution is 7.17. The molecule has 0 aliphatic heterocycles. The number of fused-ring (bicyclic) bond motifs is 1. The molecule has 1 aliphatic rings. The van der Waals surface area contributed by atoms with Crippen LogP contribution < -0.4 is 16.0 Å². The van der Waals surface area contributed by atoms with Gasteiger partial charge in [-0.15, -0.1) is 11.3 Å². The molecule has 31 heavy (non-hydrogen) atoms. The summed E-state index contributed by atoms with van der Waals surface area (Å²) in [6, 6.07) is 6.78. The van der Waals surface area contributed by atoms with E-state index in [0.717, 1.165) is 36.1 Å². The van der Waals surface area contributed by atoms with Crippen LogP contribution in [0.2, 0.25) is 0 Å². The number of hydrogen-bond donors (Lipinski definition) is 3. The molecule has 0 radical (unpaired) electrons. The number of anilines is 2. The van der Waals surface area contributed by atoms with Crippen LogP contribution in [0.1, 0.15) is 44.0 Å². The zero-order valence-electron chi connectivity index (χ0n) is 16.7. The first-order valence-electron chi connectivity index (χ1n) is 9.96. The van der Waals surface area contributed by atoms with Crippen molar-refractivity contribution in [3.63, 3.8) is 0 Å². The van der Waals surface area contributed by atoms with E-state index in [1.165, 1.54) is 23.7 Å². The van der Waals surface area contributed by atoms with E-state index in [1.54, 1.807) is 36.7 Å². The molecule has 0 saturated heterocycles. The van der Waals surface area contributed by atoms with Crippen LogP contribution in [-0.4, -0.2) is 34.2 Å². The molecule has 8 nitrogen and oxygen atoms in total. The Hall–Kier alpha value is -3.59. The largest absolute Gasteiger partial charge is 0.343 e. The molecule has 3 N–H and O–H groups in total. The van der Waals surface area contributed by atoms with Gasteiger partial charge in [0.15, 0.2) is 0 Å². The third-order valence-electron chi connectivity index (χ3n) is 4.90. The Labute approximate surface area is 183 Å². The SMILES string of the molecule is O=C(CNC(=O)c1c(NC(=O)c2cccnc2)sc2c1CCCC2)Nc1cccnc1. The Morgan fingerprint density at radius 1 is 0.935 bits per heavy atom. The van der Waals surface area contributed by atoms with Gasteiger partial charge in [0.1, 0.15) is 5.00 Å². The maximum absolute atomic E-state index is 13.0. The second-order valence-corrected chi connectivity index (χ2v) is 8.19. The van der Waals surface area contributed by atoms with E-state index in [-0.39, 0.29) is 24.3 Å². The number of aromatic nitrogens is 2. The molecule has 3 amide bonds. The highest BCUT2D eigenvalue weighted by Crippen LogP contribution is 2.38. The molecule has 0 fully saturated rings. The quantitative estimate of drug-likeness (QED) is 0.551. The van der Waals surface area contributed by atoms with E-state index in [2.05, 4.69) is 25.9 Å². The summed E-state index contributed by atoms with van der Waals surface area (Å²) >= 11 is 1.43. The Kier molecular flexibility index (Phi) is 6.32. The Morgan fingerprint density at radius 3 is 2.45 bits per heavy atom. The topological polar surface area (TPSA) is 113 Å². The van der Waals surface area contributed by atoms with Crippen LogP contribution in [0.25, 0.3) is 0 Å². The molecule has 3 heterocycles. The molecule has 4 rings (SSSR count). The molecule has 0 bridgehead atoms. The zero-order valence-corrected chi connectivity index (χ0v) is 17.5. The molecule has 3 aromatic heterocycles. The minimum absolute atomic E-state index is 0.186. The first-order valence-corrected chi connectivity index (χ1v) is 10.8. The van der Waals surface area contributed by atoms with E-state index in [0.29, 0.717) is 21.8 Å². The maximum Gasteiger partial charge on any atom is 0.257 e. The number of amides is 3. The van der Waals surface area contributed by atoms with E-state index >= 15 is 0 Å². The fraction of sp³-hybridized carbons (Fsp3) is 0.227. The normalized spacial score (nSPS) is 12.5. The monoisotopic (exact) mass is 435 g/mol. The number of hydrogen-bond acceptors (Lipinski definition) is 6. The standard InChI is InChI=1S/C22H21N5O3S/c28-18(26-15-6-4-10-24-12-15)13-25-21(30)19-16-7-1-2-8-17(16)31-22(19)27-20(29)14-5-3-9-23-11-14/h3-6,9-12H,1-2,7-8,13H2,(H,25,30)(H,26,28)(H,27,29). The lowest BCUT2D eigenvalue weighted by Gasteiger charge is -2.13. The van der Waals surface area contributed by atoms with Gasteiger partial charge in [-0.05, 0) is 55.5 Å². The molecular weight excluding hydrogens is 414 g/mol. The number of thiophene rings is 1. The van der Waals surface area contributed by atoms with Crippen molar-refractivity contribution in [1.82, 2.24) is 15.3 Å². The number of pyridine rings is 2. The fourth-order valence-electron chi connectivity index (χ4n) is 3.46. The van der Waals surface area contributed by atoms with Crippen molar-refractivity contribution >= 4 is 39.7 Å². The Morgan fingerprint density at radius 2 is 1.71 bits per heavy atom. The third-order valence-corrected chi connectivity index (χ3v) is 6.11. The van der Waals surface area contributed by atoms with Gasteiger partial charge in [0.2, 0.25) is 5.91 Å². The van der Waals surface area contributed by atoms with Crippen LogP contribution in [-0.2, 0) is 17.6 Å². The molecule has 0 unspecified atom stereocenters. The lowest BCUT2D eigenvalue weighted by molar-refractivity contribution is -0.115. The average molecular weight is 436 g/mol. The van der Waals surface area contributed by atoms with Crippen molar-refractivity contribution in [2.75, 3.05) is 17.2 Å². The average Bonchev–Trinajstić information content (AvgIpc) is 3.16. The molecule has 0 aromatic carbocycles. The summed E-state index contributed by atoms with van der Waals surface area (Å²) < 4.78 is 0. The maximum atomic E-state index is 13.0. The minimum Gasteiger partial charge on any atom is -0.343 e. The van der Waals surface area contributed by atoms with Gasteiger partial charge in [-0.3, -0.25) is 24.4 Å². The molecule has 3 aromatic rings. The Bertz CT molecular complexity index is 1100. The van der Waals surface area contributed by atoms with Crippen molar-refractivity contribution in [2.45, 2.75) is 25.7 Å². The molecule has 158 valence electrons. The molecule has 0 spiro atoms. The Balaban J connectivity index is 1.49. The summed E-state index contributed by atoms with van der Waals surface area (Å²) in [7, 11) is 0. The van der Waals surface area contributed by atoms with Crippen LogP contribution >= 0.6 is 11.3 Å². The van der Waals surface area contributed by atoms with Crippen LogP contribution in [0, 0.1) is 0 Å². The lowest BCUT2D eigenvalue weighted by atomic mass is 9.95. The summed E-state index contributed by atoms with van der Waals surface area (Å²) in [6.45, 7) is -0.186. The molecule has 1 aliphatic carbocycles. The van der Waals surface area contributed by atoms with Gasteiger partial charge in [0.05, 0.1) is 29.6 Å². The summed E-state index contributed by atoms with van der Waals surface area (Å²) in [5.41, 5.74) is 2.38. The van der Waals surface area contributed by atoms with Gasteiger partial charge in [-0.25, -0.2) is 0 Å². The van der Waals surface area contributed by atoms with E-state index in [1.807, 2.05) is 0 Å². The molecule has 0 atom stereocenters.